The van der Waals surface area contributed by atoms with Gasteiger partial charge in [-0.3, -0.25) is 4.98 Å². The van der Waals surface area contributed by atoms with Crippen molar-refractivity contribution in [3.63, 3.8) is 0 Å². The summed E-state index contributed by atoms with van der Waals surface area (Å²) in [5.74, 6) is 1.16. The van der Waals surface area contributed by atoms with Crippen LogP contribution in [0.3, 0.4) is 0 Å². The third-order valence-corrected chi connectivity index (χ3v) is 4.66. The molecular weight excluding hydrogens is 316 g/mol. The molecule has 0 unspecified atom stereocenters. The fraction of sp³-hybridized carbons (Fsp3) is 0.333. The van der Waals surface area contributed by atoms with E-state index in [1.165, 1.54) is 0 Å². The third kappa shape index (κ3) is 3.17. The lowest BCUT2D eigenvalue weighted by molar-refractivity contribution is 0.190. The molecule has 2 amide bonds. The highest BCUT2D eigenvalue weighted by atomic mass is 16.2. The molecule has 0 bridgehead atoms. The molecule has 0 radical (unpaired) electrons. The Balaban J connectivity index is 1.47. The first-order valence-electron chi connectivity index (χ1n) is 8.45. The van der Waals surface area contributed by atoms with Gasteiger partial charge in [-0.15, -0.1) is 10.2 Å². The highest BCUT2D eigenvalue weighted by Gasteiger charge is 2.27. The van der Waals surface area contributed by atoms with E-state index in [0.29, 0.717) is 12.2 Å². The van der Waals surface area contributed by atoms with Gasteiger partial charge in [0.1, 0.15) is 12.2 Å². The van der Waals surface area contributed by atoms with Gasteiger partial charge in [0.05, 0.1) is 17.4 Å². The summed E-state index contributed by atoms with van der Waals surface area (Å²) in [6, 6.07) is 9.72. The van der Waals surface area contributed by atoms with Gasteiger partial charge in [0.25, 0.3) is 0 Å². The number of piperidine rings is 1. The van der Waals surface area contributed by atoms with Crippen molar-refractivity contribution in [1.29, 1.82) is 0 Å². The van der Waals surface area contributed by atoms with Crippen LogP contribution in [-0.4, -0.2) is 43.8 Å². The van der Waals surface area contributed by atoms with Gasteiger partial charge in [-0.25, -0.2) is 4.79 Å². The van der Waals surface area contributed by atoms with Gasteiger partial charge < -0.3 is 14.8 Å². The van der Waals surface area contributed by atoms with Crippen LogP contribution in [0, 0.1) is 0 Å². The first kappa shape index (κ1) is 15.6. The van der Waals surface area contributed by atoms with Crippen molar-refractivity contribution in [3.8, 4) is 0 Å². The monoisotopic (exact) mass is 336 g/mol. The van der Waals surface area contributed by atoms with Crippen molar-refractivity contribution in [2.45, 2.75) is 18.8 Å². The highest BCUT2D eigenvalue weighted by molar-refractivity contribution is 5.92. The number of carbonyl (C=O) groups excluding carboxylic acids is 1. The largest absolute Gasteiger partial charge is 0.324 e. The van der Waals surface area contributed by atoms with E-state index in [0.717, 1.165) is 36.1 Å². The number of amides is 2. The van der Waals surface area contributed by atoms with Crippen LogP contribution in [-0.2, 0) is 7.05 Å². The van der Waals surface area contributed by atoms with Crippen LogP contribution in [0.4, 0.5) is 10.5 Å². The van der Waals surface area contributed by atoms with Crippen molar-refractivity contribution in [3.05, 3.63) is 48.7 Å². The Hall–Kier alpha value is -2.96. The van der Waals surface area contributed by atoms with E-state index in [-0.39, 0.29) is 11.9 Å². The number of rotatable bonds is 2. The Bertz CT molecular complexity index is 905. The molecule has 1 saturated heterocycles. The molecule has 128 valence electrons. The molecule has 25 heavy (non-hydrogen) atoms. The number of para-hydroxylation sites is 1. The molecule has 1 atom stereocenters. The summed E-state index contributed by atoms with van der Waals surface area (Å²) in [7, 11) is 1.94. The van der Waals surface area contributed by atoms with Gasteiger partial charge >= 0.3 is 6.03 Å². The molecule has 1 aromatic carbocycles. The zero-order valence-corrected chi connectivity index (χ0v) is 14.1. The van der Waals surface area contributed by atoms with E-state index in [1.807, 2.05) is 46.8 Å². The zero-order valence-electron chi connectivity index (χ0n) is 14.1. The summed E-state index contributed by atoms with van der Waals surface area (Å²) in [6.45, 7) is 1.40. The number of urea groups is 1. The number of likely N-dealkylation sites (tertiary alicyclic amines) is 1. The Morgan fingerprint density at radius 3 is 3.04 bits per heavy atom. The number of hydrogen-bond donors (Lipinski definition) is 1. The smallest absolute Gasteiger partial charge is 0.321 e. The fourth-order valence-electron chi connectivity index (χ4n) is 3.38. The molecule has 0 saturated carbocycles. The summed E-state index contributed by atoms with van der Waals surface area (Å²) in [4.78, 5) is 18.9. The lowest BCUT2D eigenvalue weighted by Gasteiger charge is -2.32. The molecule has 4 rings (SSSR count). The molecule has 7 nitrogen and oxygen atoms in total. The minimum atomic E-state index is -0.0936. The molecule has 3 aromatic rings. The summed E-state index contributed by atoms with van der Waals surface area (Å²) in [6.07, 6.45) is 5.38. The van der Waals surface area contributed by atoms with Crippen LogP contribution < -0.4 is 5.32 Å². The van der Waals surface area contributed by atoms with Crippen LogP contribution in [0.1, 0.15) is 24.6 Å². The molecule has 0 aliphatic carbocycles. The number of aromatic nitrogens is 4. The standard InChI is InChI=1S/C18H20N6O/c1-23-12-20-22-17(23)14-6-4-8-24(11-14)18(25)21-15-9-13-5-2-3-7-16(13)19-10-15/h2-3,5,7,9-10,12,14H,4,6,8,11H2,1H3,(H,21,25)/t14-/m0/s1. The van der Waals surface area contributed by atoms with Gasteiger partial charge in [0.15, 0.2) is 0 Å². The minimum absolute atomic E-state index is 0.0936. The number of nitrogens with zero attached hydrogens (tertiary/aromatic N) is 5. The highest BCUT2D eigenvalue weighted by Crippen LogP contribution is 2.25. The zero-order chi connectivity index (χ0) is 17.2. The number of carbonyl (C=O) groups is 1. The van der Waals surface area contributed by atoms with Gasteiger partial charge in [0, 0.05) is 31.4 Å². The first-order valence-corrected chi connectivity index (χ1v) is 8.45. The predicted molar refractivity (Wildman–Crippen MR) is 95.3 cm³/mol. The summed E-state index contributed by atoms with van der Waals surface area (Å²) < 4.78 is 1.93. The first-order chi connectivity index (χ1) is 12.2. The van der Waals surface area contributed by atoms with E-state index in [2.05, 4.69) is 20.5 Å². The van der Waals surface area contributed by atoms with Gasteiger partial charge in [-0.2, -0.15) is 0 Å². The quantitative estimate of drug-likeness (QED) is 0.781. The van der Waals surface area contributed by atoms with Crippen LogP contribution in [0.5, 0.6) is 0 Å². The maximum absolute atomic E-state index is 12.6. The van der Waals surface area contributed by atoms with E-state index >= 15 is 0 Å². The van der Waals surface area contributed by atoms with E-state index in [1.54, 1.807) is 12.5 Å². The third-order valence-electron chi connectivity index (χ3n) is 4.66. The molecule has 3 heterocycles. The Morgan fingerprint density at radius 2 is 2.20 bits per heavy atom. The van der Waals surface area contributed by atoms with Gasteiger partial charge in [-0.1, -0.05) is 18.2 Å². The number of hydrogen-bond acceptors (Lipinski definition) is 4. The van der Waals surface area contributed by atoms with E-state index in [4.69, 9.17) is 0 Å². The normalized spacial score (nSPS) is 17.6. The van der Waals surface area contributed by atoms with Gasteiger partial charge in [0.2, 0.25) is 0 Å². The second-order valence-electron chi connectivity index (χ2n) is 6.43. The lowest BCUT2D eigenvalue weighted by atomic mass is 9.97. The van der Waals surface area contributed by atoms with Crippen molar-refractivity contribution >= 4 is 22.6 Å². The number of benzene rings is 1. The topological polar surface area (TPSA) is 75.9 Å². The van der Waals surface area contributed by atoms with Crippen molar-refractivity contribution < 1.29 is 4.79 Å². The number of pyridine rings is 1. The summed E-state index contributed by atoms with van der Waals surface area (Å²) >= 11 is 0. The van der Waals surface area contributed by atoms with Crippen LogP contribution in [0.2, 0.25) is 0 Å². The molecule has 7 heteroatoms. The van der Waals surface area contributed by atoms with Crippen LogP contribution in [0.15, 0.2) is 42.9 Å². The SMILES string of the molecule is Cn1cnnc1[C@H]1CCCN(C(=O)Nc2cnc3ccccc3c2)C1. The second-order valence-corrected chi connectivity index (χ2v) is 6.43. The Morgan fingerprint density at radius 1 is 1.32 bits per heavy atom. The van der Waals surface area contributed by atoms with Crippen LogP contribution in [0.25, 0.3) is 10.9 Å². The Kier molecular flexibility index (Phi) is 4.05. The molecule has 0 spiro atoms. The lowest BCUT2D eigenvalue weighted by Crippen LogP contribution is -2.42. The molecule has 1 aliphatic heterocycles. The Labute approximate surface area is 145 Å². The molecule has 2 aromatic heterocycles. The number of aryl methyl sites for hydroxylation is 1. The summed E-state index contributed by atoms with van der Waals surface area (Å²) in [5, 5.41) is 12.1. The molecule has 1 fully saturated rings. The maximum atomic E-state index is 12.6. The van der Waals surface area contributed by atoms with Crippen LogP contribution >= 0.6 is 0 Å². The second kappa shape index (κ2) is 6.51. The molecule has 1 N–H and O–H groups in total. The van der Waals surface area contributed by atoms with E-state index in [9.17, 15) is 4.79 Å². The van der Waals surface area contributed by atoms with E-state index < -0.39 is 0 Å². The average Bonchev–Trinajstić information content (AvgIpc) is 3.08. The maximum Gasteiger partial charge on any atom is 0.321 e. The van der Waals surface area contributed by atoms with Crippen molar-refractivity contribution in [2.75, 3.05) is 18.4 Å². The van der Waals surface area contributed by atoms with Gasteiger partial charge in [-0.05, 0) is 25.0 Å². The minimum Gasteiger partial charge on any atom is -0.324 e. The number of fused-ring (bicyclic) bond motifs is 1. The number of anilines is 1. The summed E-state index contributed by atoms with van der Waals surface area (Å²) in [5.41, 5.74) is 1.63. The average molecular weight is 336 g/mol. The number of nitrogens with one attached hydrogen (secondary N) is 1. The predicted octanol–water partition coefficient (Wildman–Crippen LogP) is 2.77. The van der Waals surface area contributed by atoms with Crippen molar-refractivity contribution in [1.82, 2.24) is 24.6 Å². The van der Waals surface area contributed by atoms with Crippen molar-refractivity contribution in [2.24, 2.45) is 7.05 Å². The molecule has 1 aliphatic rings. The molecular formula is C18H20N6O. The fourth-order valence-corrected chi connectivity index (χ4v) is 3.38.